The van der Waals surface area contributed by atoms with E-state index in [1.807, 2.05) is 13.0 Å². The highest BCUT2D eigenvalue weighted by atomic mass is 16.1. The van der Waals surface area contributed by atoms with Gasteiger partial charge in [0.2, 0.25) is 0 Å². The van der Waals surface area contributed by atoms with Gasteiger partial charge in [0.25, 0.3) is 5.91 Å². The van der Waals surface area contributed by atoms with Gasteiger partial charge in [-0.15, -0.1) is 0 Å². The zero-order chi connectivity index (χ0) is 15.2. The van der Waals surface area contributed by atoms with Crippen molar-refractivity contribution in [3.63, 3.8) is 0 Å². The summed E-state index contributed by atoms with van der Waals surface area (Å²) in [7, 11) is 4.22. The van der Waals surface area contributed by atoms with Gasteiger partial charge in [0.15, 0.2) is 0 Å². The molecule has 1 aliphatic heterocycles. The third kappa shape index (κ3) is 4.41. The van der Waals surface area contributed by atoms with Crippen molar-refractivity contribution in [2.75, 3.05) is 52.1 Å². The first-order valence-electron chi connectivity index (χ1n) is 7.47. The van der Waals surface area contributed by atoms with Gasteiger partial charge < -0.3 is 15.5 Å². The molecule has 1 fully saturated rings. The Kier molecular flexibility index (Phi) is 5.52. The molecule has 21 heavy (non-hydrogen) atoms. The summed E-state index contributed by atoms with van der Waals surface area (Å²) in [5, 5.41) is 6.12. The second kappa shape index (κ2) is 7.38. The molecule has 1 amide bonds. The van der Waals surface area contributed by atoms with E-state index in [2.05, 4.69) is 39.5 Å². The highest BCUT2D eigenvalue weighted by Gasteiger charge is 2.22. The van der Waals surface area contributed by atoms with E-state index in [0.717, 1.165) is 32.0 Å². The third-order valence-electron chi connectivity index (χ3n) is 3.86. The quantitative estimate of drug-likeness (QED) is 0.827. The second-order valence-corrected chi connectivity index (χ2v) is 5.57. The first kappa shape index (κ1) is 15.7. The van der Waals surface area contributed by atoms with Crippen LogP contribution in [0.2, 0.25) is 0 Å². The normalized spacial score (nSPS) is 20.2. The minimum Gasteiger partial charge on any atom is -0.370 e. The van der Waals surface area contributed by atoms with Crippen molar-refractivity contribution in [2.24, 2.45) is 0 Å². The number of nitrogens with zero attached hydrogens (tertiary/aromatic N) is 3. The molecule has 2 heterocycles. The molecule has 0 bridgehead atoms. The van der Waals surface area contributed by atoms with Gasteiger partial charge in [-0.1, -0.05) is 0 Å². The van der Waals surface area contributed by atoms with E-state index < -0.39 is 0 Å². The van der Waals surface area contributed by atoms with Gasteiger partial charge >= 0.3 is 0 Å². The predicted molar refractivity (Wildman–Crippen MR) is 84.6 cm³/mol. The Morgan fingerprint density at radius 2 is 2.19 bits per heavy atom. The average Bonchev–Trinajstić information content (AvgIpc) is 2.49. The Hall–Kier alpha value is -1.66. The lowest BCUT2D eigenvalue weighted by Crippen LogP contribution is -2.54. The molecule has 0 saturated carbocycles. The first-order chi connectivity index (χ1) is 10.1. The molecule has 1 aromatic rings. The van der Waals surface area contributed by atoms with Crippen molar-refractivity contribution in [1.29, 1.82) is 0 Å². The first-order valence-corrected chi connectivity index (χ1v) is 7.47. The zero-order valence-electron chi connectivity index (χ0n) is 13.1. The van der Waals surface area contributed by atoms with Crippen LogP contribution in [0.25, 0.3) is 0 Å². The van der Waals surface area contributed by atoms with E-state index in [-0.39, 0.29) is 5.91 Å². The third-order valence-corrected chi connectivity index (χ3v) is 3.86. The summed E-state index contributed by atoms with van der Waals surface area (Å²) in [4.78, 5) is 21.0. The van der Waals surface area contributed by atoms with Crippen LogP contribution in [0.15, 0.2) is 18.3 Å². The van der Waals surface area contributed by atoms with E-state index in [4.69, 9.17) is 0 Å². The van der Waals surface area contributed by atoms with Crippen LogP contribution >= 0.6 is 0 Å². The van der Waals surface area contributed by atoms with E-state index in [1.165, 1.54) is 0 Å². The Labute approximate surface area is 126 Å². The molecule has 1 saturated heterocycles. The minimum absolute atomic E-state index is 0.0628. The highest BCUT2D eigenvalue weighted by Crippen LogP contribution is 2.07. The molecule has 116 valence electrons. The van der Waals surface area contributed by atoms with Crippen molar-refractivity contribution < 1.29 is 4.79 Å². The summed E-state index contributed by atoms with van der Waals surface area (Å²) in [6, 6.07) is 4.00. The van der Waals surface area contributed by atoms with Crippen molar-refractivity contribution in [3.8, 4) is 0 Å². The number of piperazine rings is 1. The molecular formula is C15H25N5O. The fourth-order valence-electron chi connectivity index (χ4n) is 2.45. The number of hydrogen-bond donors (Lipinski definition) is 2. The van der Waals surface area contributed by atoms with Crippen molar-refractivity contribution in [3.05, 3.63) is 23.9 Å². The largest absolute Gasteiger partial charge is 0.370 e. The minimum atomic E-state index is -0.0628. The molecule has 1 atom stereocenters. The van der Waals surface area contributed by atoms with Crippen LogP contribution in [0, 0.1) is 0 Å². The van der Waals surface area contributed by atoms with Crippen molar-refractivity contribution in [1.82, 2.24) is 20.1 Å². The number of rotatable bonds is 5. The van der Waals surface area contributed by atoms with Crippen molar-refractivity contribution >= 4 is 11.7 Å². The predicted octanol–water partition coefficient (Wildman–Crippen LogP) is 0.489. The monoisotopic (exact) mass is 291 g/mol. The lowest BCUT2D eigenvalue weighted by Gasteiger charge is -2.37. The van der Waals surface area contributed by atoms with Gasteiger partial charge in [-0.3, -0.25) is 9.69 Å². The molecular weight excluding hydrogens is 266 g/mol. The fourth-order valence-corrected chi connectivity index (χ4v) is 2.45. The molecule has 6 heteroatoms. The van der Waals surface area contributed by atoms with E-state index in [9.17, 15) is 4.79 Å². The Bertz CT molecular complexity index is 462. The number of anilines is 1. The van der Waals surface area contributed by atoms with Gasteiger partial charge in [-0.05, 0) is 33.2 Å². The van der Waals surface area contributed by atoms with Gasteiger partial charge in [0.05, 0.1) is 5.56 Å². The van der Waals surface area contributed by atoms with Gasteiger partial charge in [0.1, 0.15) is 5.82 Å². The number of carbonyl (C=O) groups is 1. The molecule has 6 nitrogen and oxygen atoms in total. The molecule has 0 spiro atoms. The smallest absolute Gasteiger partial charge is 0.252 e. The van der Waals surface area contributed by atoms with Crippen LogP contribution in [-0.4, -0.2) is 73.6 Å². The van der Waals surface area contributed by atoms with E-state index in [0.29, 0.717) is 18.2 Å². The molecule has 1 unspecified atom stereocenters. The van der Waals surface area contributed by atoms with E-state index in [1.54, 1.807) is 12.3 Å². The summed E-state index contributed by atoms with van der Waals surface area (Å²) >= 11 is 0. The van der Waals surface area contributed by atoms with Crippen LogP contribution in [0.4, 0.5) is 5.82 Å². The molecule has 1 aromatic heterocycles. The van der Waals surface area contributed by atoms with Crippen LogP contribution in [0.1, 0.15) is 17.3 Å². The van der Waals surface area contributed by atoms with Gasteiger partial charge in [0, 0.05) is 45.0 Å². The Balaban J connectivity index is 1.86. The summed E-state index contributed by atoms with van der Waals surface area (Å²) in [6.07, 6.45) is 1.62. The SMILES string of the molecule is CCNc1ccc(C(=O)NCC2CN(C)CCN2C)cn1. The fraction of sp³-hybridized carbons (Fsp3) is 0.600. The highest BCUT2D eigenvalue weighted by molar-refractivity contribution is 5.94. The number of carbonyl (C=O) groups excluding carboxylic acids is 1. The molecule has 2 rings (SSSR count). The summed E-state index contributed by atoms with van der Waals surface area (Å²) < 4.78 is 0. The Morgan fingerprint density at radius 1 is 1.38 bits per heavy atom. The number of likely N-dealkylation sites (N-methyl/N-ethyl adjacent to an activating group) is 2. The molecule has 0 aromatic carbocycles. The lowest BCUT2D eigenvalue weighted by molar-refractivity contribution is 0.0881. The van der Waals surface area contributed by atoms with E-state index >= 15 is 0 Å². The van der Waals surface area contributed by atoms with Gasteiger partial charge in [-0.2, -0.15) is 0 Å². The van der Waals surface area contributed by atoms with Crippen LogP contribution in [0.3, 0.4) is 0 Å². The number of amides is 1. The zero-order valence-corrected chi connectivity index (χ0v) is 13.1. The number of pyridine rings is 1. The van der Waals surface area contributed by atoms with Crippen molar-refractivity contribution in [2.45, 2.75) is 13.0 Å². The Morgan fingerprint density at radius 3 is 2.86 bits per heavy atom. The summed E-state index contributed by atoms with van der Waals surface area (Å²) in [5.41, 5.74) is 0.600. The standard InChI is InChI=1S/C15H25N5O/c1-4-16-14-6-5-12(9-17-14)15(21)18-10-13-11-19(2)7-8-20(13)3/h5-6,9,13H,4,7-8,10-11H2,1-3H3,(H,16,17)(H,18,21). The summed E-state index contributed by atoms with van der Waals surface area (Å²) in [6.45, 7) is 6.59. The van der Waals surface area contributed by atoms with Crippen LogP contribution in [0.5, 0.6) is 0 Å². The topological polar surface area (TPSA) is 60.5 Å². The van der Waals surface area contributed by atoms with Crippen LogP contribution < -0.4 is 10.6 Å². The maximum Gasteiger partial charge on any atom is 0.252 e. The number of hydrogen-bond acceptors (Lipinski definition) is 5. The molecule has 0 aliphatic carbocycles. The maximum atomic E-state index is 12.1. The lowest BCUT2D eigenvalue weighted by atomic mass is 10.2. The molecule has 0 radical (unpaired) electrons. The molecule has 1 aliphatic rings. The maximum absolute atomic E-state index is 12.1. The number of nitrogens with one attached hydrogen (secondary N) is 2. The second-order valence-electron chi connectivity index (χ2n) is 5.57. The molecule has 2 N–H and O–H groups in total. The number of aromatic nitrogens is 1. The van der Waals surface area contributed by atoms with Gasteiger partial charge in [-0.25, -0.2) is 4.98 Å². The van der Waals surface area contributed by atoms with Crippen LogP contribution in [-0.2, 0) is 0 Å². The summed E-state index contributed by atoms with van der Waals surface area (Å²) in [5.74, 6) is 0.731. The average molecular weight is 291 g/mol.